The summed E-state index contributed by atoms with van der Waals surface area (Å²) in [5.41, 5.74) is 2.36. The molecule has 0 radical (unpaired) electrons. The van der Waals surface area contributed by atoms with Crippen LogP contribution in [0.1, 0.15) is 43.5 Å². The molecule has 10 nitrogen and oxygen atoms in total. The summed E-state index contributed by atoms with van der Waals surface area (Å²) in [5.74, 6) is -0.619. The Balaban J connectivity index is 0.00000342. The molecule has 1 aliphatic heterocycles. The summed E-state index contributed by atoms with van der Waals surface area (Å²) >= 11 is 0. The number of amides is 2. The van der Waals surface area contributed by atoms with Crippen LogP contribution in [0.2, 0.25) is 0 Å². The monoisotopic (exact) mass is 479 g/mol. The zero-order valence-corrected chi connectivity index (χ0v) is 18.7. The first-order chi connectivity index (χ1) is 16.3. The van der Waals surface area contributed by atoms with Crippen LogP contribution < -0.4 is 5.32 Å². The highest BCUT2D eigenvalue weighted by Crippen LogP contribution is 2.28. The van der Waals surface area contributed by atoms with Crippen molar-refractivity contribution in [3.63, 3.8) is 0 Å². The molecule has 3 heterocycles. The van der Waals surface area contributed by atoms with Crippen LogP contribution in [-0.2, 0) is 16.1 Å². The molecule has 35 heavy (non-hydrogen) atoms. The fourth-order valence-electron chi connectivity index (χ4n) is 4.19. The molecule has 0 aliphatic carbocycles. The first-order valence-corrected chi connectivity index (χ1v) is 10.7. The van der Waals surface area contributed by atoms with E-state index in [9.17, 15) is 18.8 Å². The highest BCUT2D eigenvalue weighted by atomic mass is 19.1. The molecule has 182 valence electrons. The lowest BCUT2D eigenvalue weighted by Gasteiger charge is -2.23. The molecular formula is C24H26FN7O3. The first kappa shape index (κ1) is 25.4. The standard InChI is InChI=1S/C23H22FN7O3.CH4/c1-13(32)23-19-5-15(16-8-26-14(2)27-9-16)3-4-20(19)31(29-23)11-22(34)30-10-17(24)6-18(30)7-21(33)28-12-25;/h3-5,8-9,17-18H,6-7,10-11H2,1-2H3,(H,28,33);1H4/t17-,18+;/m1./s1. The molecule has 1 fully saturated rings. The Hall–Kier alpha value is -4.20. The van der Waals surface area contributed by atoms with E-state index in [0.29, 0.717) is 16.7 Å². The van der Waals surface area contributed by atoms with Crippen molar-refractivity contribution in [2.75, 3.05) is 6.54 Å². The molecule has 0 bridgehead atoms. The molecule has 2 atom stereocenters. The van der Waals surface area contributed by atoms with Gasteiger partial charge in [-0.05, 0) is 24.6 Å². The van der Waals surface area contributed by atoms with Gasteiger partial charge in [0.15, 0.2) is 12.0 Å². The Morgan fingerprint density at radius 3 is 2.60 bits per heavy atom. The number of nitriles is 1. The number of hydrogen-bond acceptors (Lipinski definition) is 7. The molecule has 1 saturated heterocycles. The van der Waals surface area contributed by atoms with Crippen LogP contribution in [0.4, 0.5) is 4.39 Å². The van der Waals surface area contributed by atoms with Gasteiger partial charge in [0.25, 0.3) is 0 Å². The molecule has 11 heteroatoms. The molecule has 0 unspecified atom stereocenters. The van der Waals surface area contributed by atoms with Gasteiger partial charge in [-0.25, -0.2) is 14.4 Å². The quantitative estimate of drug-likeness (QED) is 0.326. The third kappa shape index (κ3) is 5.32. The Morgan fingerprint density at radius 2 is 1.94 bits per heavy atom. The highest BCUT2D eigenvalue weighted by Gasteiger charge is 2.36. The van der Waals surface area contributed by atoms with Gasteiger partial charge >= 0.3 is 0 Å². The van der Waals surface area contributed by atoms with E-state index in [-0.39, 0.29) is 44.8 Å². The van der Waals surface area contributed by atoms with E-state index in [2.05, 4.69) is 15.1 Å². The number of likely N-dealkylation sites (tertiary alicyclic amines) is 1. The number of halogens is 1. The molecule has 1 aliphatic rings. The largest absolute Gasteiger partial charge is 0.335 e. The smallest absolute Gasteiger partial charge is 0.244 e. The van der Waals surface area contributed by atoms with Gasteiger partial charge in [-0.3, -0.25) is 24.4 Å². The summed E-state index contributed by atoms with van der Waals surface area (Å²) in [7, 11) is 0. The van der Waals surface area contributed by atoms with Gasteiger partial charge < -0.3 is 4.90 Å². The van der Waals surface area contributed by atoms with E-state index in [1.165, 1.54) is 22.7 Å². The molecule has 0 saturated carbocycles. The number of ketones is 1. The summed E-state index contributed by atoms with van der Waals surface area (Å²) in [4.78, 5) is 46.8. The van der Waals surface area contributed by atoms with Gasteiger partial charge in [0.2, 0.25) is 11.8 Å². The fourth-order valence-corrected chi connectivity index (χ4v) is 4.19. The van der Waals surface area contributed by atoms with E-state index in [1.54, 1.807) is 31.5 Å². The lowest BCUT2D eigenvalue weighted by Crippen LogP contribution is -2.40. The summed E-state index contributed by atoms with van der Waals surface area (Å²) in [6.07, 6.45) is 3.51. The molecule has 2 amide bonds. The second kappa shape index (κ2) is 10.4. The minimum Gasteiger partial charge on any atom is -0.335 e. The number of carbonyl (C=O) groups is 3. The van der Waals surface area contributed by atoms with Crippen molar-refractivity contribution in [2.24, 2.45) is 0 Å². The Labute approximate surface area is 201 Å². The van der Waals surface area contributed by atoms with Gasteiger partial charge in [0, 0.05) is 49.2 Å². The van der Waals surface area contributed by atoms with Crippen molar-refractivity contribution in [1.29, 1.82) is 5.26 Å². The molecule has 1 aromatic carbocycles. The Bertz CT molecular complexity index is 1310. The lowest BCUT2D eigenvalue weighted by atomic mass is 10.0. The molecule has 3 aromatic rings. The van der Waals surface area contributed by atoms with Gasteiger partial charge in [0.1, 0.15) is 24.2 Å². The maximum Gasteiger partial charge on any atom is 0.244 e. The number of fused-ring (bicyclic) bond motifs is 1. The third-order valence-electron chi connectivity index (χ3n) is 5.78. The fraction of sp³-hybridized carbons (Fsp3) is 0.375. The second-order valence-electron chi connectivity index (χ2n) is 8.21. The van der Waals surface area contributed by atoms with Crippen LogP contribution in [0.3, 0.4) is 0 Å². The summed E-state index contributed by atoms with van der Waals surface area (Å²) < 4.78 is 15.5. The van der Waals surface area contributed by atoms with Crippen LogP contribution in [-0.4, -0.2) is 61.0 Å². The van der Waals surface area contributed by atoms with Crippen LogP contribution in [0.15, 0.2) is 30.6 Å². The van der Waals surface area contributed by atoms with Crippen LogP contribution in [0, 0.1) is 18.4 Å². The number of benzene rings is 1. The van der Waals surface area contributed by atoms with E-state index in [1.807, 2.05) is 11.4 Å². The van der Waals surface area contributed by atoms with Gasteiger partial charge in [-0.2, -0.15) is 10.4 Å². The van der Waals surface area contributed by atoms with Gasteiger partial charge in [0.05, 0.1) is 12.1 Å². The number of nitrogens with zero attached hydrogens (tertiary/aromatic N) is 6. The van der Waals surface area contributed by atoms with Crippen LogP contribution in [0.25, 0.3) is 22.0 Å². The number of nitrogens with one attached hydrogen (secondary N) is 1. The van der Waals surface area contributed by atoms with E-state index in [4.69, 9.17) is 5.26 Å². The Kier molecular flexibility index (Phi) is 7.54. The highest BCUT2D eigenvalue weighted by molar-refractivity contribution is 6.06. The number of Topliss-reactive ketones (excluding diaryl/α,β-unsaturated/α-hetero) is 1. The summed E-state index contributed by atoms with van der Waals surface area (Å²) in [6, 6.07) is 4.73. The Morgan fingerprint density at radius 1 is 1.23 bits per heavy atom. The van der Waals surface area contributed by atoms with Crippen LogP contribution >= 0.6 is 0 Å². The number of aryl methyl sites for hydroxylation is 1. The van der Waals surface area contributed by atoms with Crippen molar-refractivity contribution < 1.29 is 18.8 Å². The molecular weight excluding hydrogens is 453 g/mol. The zero-order valence-electron chi connectivity index (χ0n) is 18.7. The normalized spacial score (nSPS) is 17.0. The van der Waals surface area contributed by atoms with E-state index >= 15 is 0 Å². The minimum atomic E-state index is -1.26. The second-order valence-corrected chi connectivity index (χ2v) is 8.21. The van der Waals surface area contributed by atoms with Crippen LogP contribution in [0.5, 0.6) is 0 Å². The molecule has 2 aromatic heterocycles. The number of hydrogen-bond donors (Lipinski definition) is 1. The predicted molar refractivity (Wildman–Crippen MR) is 126 cm³/mol. The SMILES string of the molecule is C.CC(=O)c1nn(CC(=O)N2C[C@H](F)C[C@H]2CC(=O)NC#N)c2ccc(-c3cnc(C)nc3)cc12. The average molecular weight is 480 g/mol. The molecule has 4 rings (SSSR count). The first-order valence-electron chi connectivity index (χ1n) is 10.7. The average Bonchev–Trinajstić information content (AvgIpc) is 3.34. The maximum absolute atomic E-state index is 14.1. The van der Waals surface area contributed by atoms with Crippen molar-refractivity contribution in [3.8, 4) is 17.3 Å². The topological polar surface area (TPSA) is 134 Å². The van der Waals surface area contributed by atoms with Gasteiger partial charge in [-0.15, -0.1) is 0 Å². The number of carbonyl (C=O) groups excluding carboxylic acids is 3. The third-order valence-corrected chi connectivity index (χ3v) is 5.78. The number of rotatable bonds is 6. The predicted octanol–water partition coefficient (Wildman–Crippen LogP) is 2.57. The van der Waals surface area contributed by atoms with Crippen molar-refractivity contribution in [2.45, 2.75) is 52.9 Å². The van der Waals surface area contributed by atoms with E-state index < -0.39 is 24.0 Å². The van der Waals surface area contributed by atoms with E-state index in [0.717, 1.165) is 11.1 Å². The molecule has 1 N–H and O–H groups in total. The summed E-state index contributed by atoms with van der Waals surface area (Å²) in [5, 5.41) is 15.5. The number of aromatic nitrogens is 4. The maximum atomic E-state index is 14.1. The lowest BCUT2D eigenvalue weighted by molar-refractivity contribution is -0.133. The molecule has 0 spiro atoms. The van der Waals surface area contributed by atoms with Crippen molar-refractivity contribution in [1.82, 2.24) is 30.0 Å². The van der Waals surface area contributed by atoms with Gasteiger partial charge in [-0.1, -0.05) is 13.5 Å². The minimum absolute atomic E-state index is 0. The number of alkyl halides is 1. The summed E-state index contributed by atoms with van der Waals surface area (Å²) in [6.45, 7) is 2.82. The zero-order chi connectivity index (χ0) is 24.4. The van der Waals surface area contributed by atoms with Crippen molar-refractivity contribution in [3.05, 3.63) is 42.1 Å². The van der Waals surface area contributed by atoms with Crippen molar-refractivity contribution >= 4 is 28.5 Å².